The van der Waals surface area contributed by atoms with Crippen LogP contribution in [0, 0.1) is 5.92 Å². The van der Waals surface area contributed by atoms with E-state index in [9.17, 15) is 24.6 Å². The van der Waals surface area contributed by atoms with Crippen molar-refractivity contribution < 1.29 is 29.3 Å². The molecule has 0 aromatic heterocycles. The predicted molar refractivity (Wildman–Crippen MR) is 196 cm³/mol. The summed E-state index contributed by atoms with van der Waals surface area (Å²) in [6, 6.07) is 31.8. The summed E-state index contributed by atoms with van der Waals surface area (Å²) in [6.07, 6.45) is 4.27. The molecule has 6 rings (SSSR count). The molecule has 3 amide bonds. The molecule has 2 heterocycles. The molecule has 0 unspecified atom stereocenters. The van der Waals surface area contributed by atoms with Crippen molar-refractivity contribution in [3.8, 4) is 5.75 Å². The molecule has 2 atom stereocenters. The first-order valence-electron chi connectivity index (χ1n) is 17.1. The number of hydrazone groups is 1. The zero-order chi connectivity index (χ0) is 36.0. The van der Waals surface area contributed by atoms with E-state index in [1.165, 1.54) is 12.1 Å². The van der Waals surface area contributed by atoms with Crippen molar-refractivity contribution in [3.05, 3.63) is 138 Å². The number of fused-ring (bicyclic) bond motifs is 1. The number of aliphatic hydroxyl groups excluding tert-OH is 1. The maximum atomic E-state index is 14.3. The van der Waals surface area contributed by atoms with E-state index < -0.39 is 17.4 Å². The Kier molecular flexibility index (Phi) is 10.7. The first-order valence-corrected chi connectivity index (χ1v) is 17.1. The third-order valence-electron chi connectivity index (χ3n) is 9.43. The van der Waals surface area contributed by atoms with Gasteiger partial charge in [-0.05, 0) is 47.0 Å². The number of ether oxygens (including phenoxy) is 1. The molecule has 0 bridgehead atoms. The molecule has 2 N–H and O–H groups in total. The van der Waals surface area contributed by atoms with E-state index in [1.807, 2.05) is 84.9 Å². The highest BCUT2D eigenvalue weighted by Gasteiger charge is 2.52. The molecule has 0 fully saturated rings. The second-order valence-corrected chi connectivity index (χ2v) is 12.8. The van der Waals surface area contributed by atoms with E-state index in [4.69, 9.17) is 9.84 Å². The van der Waals surface area contributed by atoms with Crippen molar-refractivity contribution in [2.24, 2.45) is 11.0 Å². The third kappa shape index (κ3) is 7.47. The van der Waals surface area contributed by atoms with Gasteiger partial charge in [-0.3, -0.25) is 14.4 Å². The topological polar surface area (TPSA) is 123 Å². The standard InChI is InChI=1S/C41H42N4O6/c1-29(11-9-18-38(47)43(23-24-46)27-30-12-5-3-6-13-30)41(50)35-26-34(51-2)19-21-37(35)44(40(41)49)28-31-14-10-17-33(25-31)45-39(48)22-20-36(42-45)32-15-7-4-8-16-32/h3-17,19,21,25-26,29,46,50H,18,20,22-24,27-28H2,1-2H3/b11-9+/t29-,41+/m1/s1. The smallest absolute Gasteiger partial charge is 0.264 e. The lowest BCUT2D eigenvalue weighted by Crippen LogP contribution is -2.44. The van der Waals surface area contributed by atoms with Gasteiger partial charge in [-0.15, -0.1) is 0 Å². The predicted octanol–water partition coefficient (Wildman–Crippen LogP) is 5.56. The lowest BCUT2D eigenvalue weighted by molar-refractivity contribution is -0.139. The molecule has 4 aromatic carbocycles. The fraction of sp³-hybridized carbons (Fsp3) is 0.268. The first kappa shape index (κ1) is 35.3. The van der Waals surface area contributed by atoms with Crippen LogP contribution in [0.5, 0.6) is 5.75 Å². The Morgan fingerprint density at radius 1 is 0.961 bits per heavy atom. The molecule has 4 aromatic rings. The Morgan fingerprint density at radius 3 is 2.41 bits per heavy atom. The van der Waals surface area contributed by atoms with Crippen molar-refractivity contribution in [2.45, 2.75) is 44.9 Å². The van der Waals surface area contributed by atoms with E-state index in [1.54, 1.807) is 47.1 Å². The number of rotatable bonds is 13. The Morgan fingerprint density at radius 2 is 1.69 bits per heavy atom. The van der Waals surface area contributed by atoms with Crippen LogP contribution < -0.4 is 14.6 Å². The van der Waals surface area contributed by atoms with Crippen molar-refractivity contribution in [1.29, 1.82) is 0 Å². The van der Waals surface area contributed by atoms with Gasteiger partial charge in [-0.2, -0.15) is 5.10 Å². The second kappa shape index (κ2) is 15.5. The summed E-state index contributed by atoms with van der Waals surface area (Å²) >= 11 is 0. The van der Waals surface area contributed by atoms with E-state index in [0.29, 0.717) is 42.1 Å². The van der Waals surface area contributed by atoms with Crippen LogP contribution >= 0.6 is 0 Å². The van der Waals surface area contributed by atoms with Gasteiger partial charge in [0.05, 0.1) is 37.3 Å². The van der Waals surface area contributed by atoms with Crippen LogP contribution in [0.15, 0.2) is 120 Å². The van der Waals surface area contributed by atoms with E-state index in [0.717, 1.165) is 22.4 Å². The Hall–Kier alpha value is -5.58. The number of nitrogens with zero attached hydrogens (tertiary/aromatic N) is 4. The van der Waals surface area contributed by atoms with Crippen LogP contribution in [0.2, 0.25) is 0 Å². The number of hydrogen-bond acceptors (Lipinski definition) is 7. The van der Waals surface area contributed by atoms with Gasteiger partial charge >= 0.3 is 0 Å². The van der Waals surface area contributed by atoms with Crippen molar-refractivity contribution in [3.63, 3.8) is 0 Å². The second-order valence-electron chi connectivity index (χ2n) is 12.8. The van der Waals surface area contributed by atoms with Gasteiger partial charge in [0.1, 0.15) is 5.75 Å². The van der Waals surface area contributed by atoms with Gasteiger partial charge < -0.3 is 24.7 Å². The summed E-state index contributed by atoms with van der Waals surface area (Å²) < 4.78 is 5.47. The van der Waals surface area contributed by atoms with E-state index in [-0.39, 0.29) is 37.9 Å². The number of aliphatic hydroxyl groups is 2. The van der Waals surface area contributed by atoms with Crippen molar-refractivity contribution >= 4 is 34.8 Å². The molecule has 0 spiro atoms. The Bertz CT molecular complexity index is 1950. The molecule has 2 aliphatic rings. The number of carbonyl (C=O) groups excluding carboxylic acids is 3. The highest BCUT2D eigenvalue weighted by molar-refractivity contribution is 6.09. The number of carbonyl (C=O) groups is 3. The fourth-order valence-corrected chi connectivity index (χ4v) is 6.63. The minimum absolute atomic E-state index is 0.0343. The van der Waals surface area contributed by atoms with Crippen molar-refractivity contribution in [2.75, 3.05) is 30.2 Å². The highest BCUT2D eigenvalue weighted by atomic mass is 16.5. The summed E-state index contributed by atoms with van der Waals surface area (Å²) in [6.45, 7) is 2.26. The largest absolute Gasteiger partial charge is 0.497 e. The van der Waals surface area contributed by atoms with Gasteiger partial charge in [0, 0.05) is 43.8 Å². The zero-order valence-corrected chi connectivity index (χ0v) is 28.8. The van der Waals surface area contributed by atoms with Crippen LogP contribution in [0.25, 0.3) is 0 Å². The number of methoxy groups -OCH3 is 1. The molecule has 0 radical (unpaired) electrons. The lowest BCUT2D eigenvalue weighted by Gasteiger charge is -2.28. The number of benzene rings is 4. The van der Waals surface area contributed by atoms with Gasteiger partial charge in [0.15, 0.2) is 5.60 Å². The zero-order valence-electron chi connectivity index (χ0n) is 28.8. The number of amides is 3. The Balaban J connectivity index is 1.22. The van der Waals surface area contributed by atoms with Gasteiger partial charge in [0.25, 0.3) is 5.91 Å². The maximum absolute atomic E-state index is 14.3. The fourth-order valence-electron chi connectivity index (χ4n) is 6.63. The van der Waals surface area contributed by atoms with E-state index >= 15 is 0 Å². The Labute approximate surface area is 297 Å². The summed E-state index contributed by atoms with van der Waals surface area (Å²) in [4.78, 5) is 43.6. The van der Waals surface area contributed by atoms with Crippen LogP contribution in [-0.2, 0) is 33.1 Å². The molecular weight excluding hydrogens is 644 g/mol. The van der Waals surface area contributed by atoms with Crippen molar-refractivity contribution in [1.82, 2.24) is 4.90 Å². The summed E-state index contributed by atoms with van der Waals surface area (Å²) in [5, 5.41) is 27.9. The molecular formula is C41H42N4O6. The molecule has 10 nitrogen and oxygen atoms in total. The first-order chi connectivity index (χ1) is 24.7. The SMILES string of the molecule is COc1ccc2c(c1)[C@@](O)([C@H](C)/C=C/CC(=O)N(CCO)Cc1ccccc1)C(=O)N2Cc1cccc(N2N=C(c3ccccc3)CCC2=O)c1. The molecule has 2 aliphatic heterocycles. The van der Waals surface area contributed by atoms with Crippen LogP contribution in [-0.4, -0.2) is 58.8 Å². The van der Waals surface area contributed by atoms with Gasteiger partial charge in [-0.25, -0.2) is 5.01 Å². The minimum Gasteiger partial charge on any atom is -0.497 e. The monoisotopic (exact) mass is 686 g/mol. The summed E-state index contributed by atoms with van der Waals surface area (Å²) in [7, 11) is 1.52. The maximum Gasteiger partial charge on any atom is 0.264 e. The van der Waals surface area contributed by atoms with Gasteiger partial charge in [-0.1, -0.05) is 91.9 Å². The average molecular weight is 687 g/mol. The average Bonchev–Trinajstić information content (AvgIpc) is 3.37. The van der Waals surface area contributed by atoms with Gasteiger partial charge in [0.2, 0.25) is 11.8 Å². The quantitative estimate of drug-likeness (QED) is 0.178. The van der Waals surface area contributed by atoms with E-state index in [2.05, 4.69) is 0 Å². The summed E-state index contributed by atoms with van der Waals surface area (Å²) in [5.74, 6) is -1.03. The summed E-state index contributed by atoms with van der Waals surface area (Å²) in [5.41, 5.74) is 3.08. The number of hydrogen-bond donors (Lipinski definition) is 2. The molecule has 0 saturated heterocycles. The number of anilines is 2. The normalized spacial score (nSPS) is 17.8. The molecule has 0 aliphatic carbocycles. The highest BCUT2D eigenvalue weighted by Crippen LogP contribution is 2.47. The van der Waals surface area contributed by atoms with Crippen LogP contribution in [0.4, 0.5) is 11.4 Å². The lowest BCUT2D eigenvalue weighted by atomic mass is 9.83. The minimum atomic E-state index is -1.94. The molecule has 10 heteroatoms. The van der Waals surface area contributed by atoms with Crippen LogP contribution in [0.3, 0.4) is 0 Å². The molecule has 0 saturated carbocycles. The molecule has 262 valence electrons. The third-order valence-corrected chi connectivity index (χ3v) is 9.43. The van der Waals surface area contributed by atoms with Crippen LogP contribution in [0.1, 0.15) is 48.4 Å². The molecule has 51 heavy (non-hydrogen) atoms.